The Bertz CT molecular complexity index is 256. The minimum Gasteiger partial charge on any atom is -0.469 e. The molecule has 0 aliphatic heterocycles. The minimum atomic E-state index is -0.536. The number of esters is 2. The van der Waals surface area contributed by atoms with E-state index in [-0.39, 0.29) is 11.9 Å². The van der Waals surface area contributed by atoms with Crippen molar-refractivity contribution in [2.24, 2.45) is 10.8 Å². The Morgan fingerprint density at radius 1 is 0.882 bits per heavy atom. The second-order valence-corrected chi connectivity index (χ2v) is 6.23. The van der Waals surface area contributed by atoms with Crippen molar-refractivity contribution < 1.29 is 19.1 Å². The van der Waals surface area contributed by atoms with E-state index in [1.165, 1.54) is 14.2 Å². The fraction of sp³-hybridized carbons (Fsp3) is 0.833. The lowest BCUT2D eigenvalue weighted by molar-refractivity contribution is -0.149. The first-order valence-electron chi connectivity index (χ1n) is 5.42. The van der Waals surface area contributed by atoms with Gasteiger partial charge in [0.15, 0.2) is 0 Å². The Morgan fingerprint density at radius 3 is 1.41 bits per heavy atom. The molecular formula is C12H22O4S. The molecule has 100 valence electrons. The van der Waals surface area contributed by atoms with Crippen LogP contribution in [0.15, 0.2) is 0 Å². The normalized spacial score (nSPS) is 12.1. The van der Waals surface area contributed by atoms with Crippen molar-refractivity contribution >= 4 is 23.7 Å². The summed E-state index contributed by atoms with van der Waals surface area (Å²) in [4.78, 5) is 22.9. The quantitative estimate of drug-likeness (QED) is 0.686. The molecule has 0 saturated carbocycles. The molecule has 0 heterocycles. The van der Waals surface area contributed by atoms with Crippen LogP contribution in [0.3, 0.4) is 0 Å². The van der Waals surface area contributed by atoms with E-state index in [4.69, 9.17) is 9.47 Å². The number of hydrogen-bond donors (Lipinski definition) is 0. The Morgan fingerprint density at radius 2 is 1.18 bits per heavy atom. The van der Waals surface area contributed by atoms with Crippen LogP contribution in [0.4, 0.5) is 0 Å². The molecule has 0 bridgehead atoms. The lowest BCUT2D eigenvalue weighted by atomic mass is 9.97. The highest BCUT2D eigenvalue weighted by molar-refractivity contribution is 7.99. The lowest BCUT2D eigenvalue weighted by Crippen LogP contribution is -2.31. The van der Waals surface area contributed by atoms with Crippen molar-refractivity contribution in [1.29, 1.82) is 0 Å². The third kappa shape index (κ3) is 4.98. The van der Waals surface area contributed by atoms with Crippen molar-refractivity contribution in [1.82, 2.24) is 0 Å². The van der Waals surface area contributed by atoms with Crippen molar-refractivity contribution in [3.05, 3.63) is 0 Å². The molecule has 0 N–H and O–H groups in total. The van der Waals surface area contributed by atoms with Crippen molar-refractivity contribution in [3.8, 4) is 0 Å². The predicted molar refractivity (Wildman–Crippen MR) is 68.9 cm³/mol. The summed E-state index contributed by atoms with van der Waals surface area (Å²) in [5.74, 6) is 0.752. The highest BCUT2D eigenvalue weighted by Gasteiger charge is 2.32. The third-order valence-electron chi connectivity index (χ3n) is 2.40. The van der Waals surface area contributed by atoms with E-state index < -0.39 is 10.8 Å². The summed E-state index contributed by atoms with van der Waals surface area (Å²) in [6.45, 7) is 7.32. The maximum absolute atomic E-state index is 11.5. The highest BCUT2D eigenvalue weighted by Crippen LogP contribution is 2.29. The molecule has 0 aromatic heterocycles. The first kappa shape index (κ1) is 16.3. The van der Waals surface area contributed by atoms with Crippen LogP contribution in [0.5, 0.6) is 0 Å². The van der Waals surface area contributed by atoms with Crippen molar-refractivity contribution in [2.75, 3.05) is 25.7 Å². The fourth-order valence-electron chi connectivity index (χ4n) is 1.23. The van der Waals surface area contributed by atoms with Crippen LogP contribution in [0, 0.1) is 10.8 Å². The topological polar surface area (TPSA) is 52.6 Å². The molecule has 0 unspecified atom stereocenters. The largest absolute Gasteiger partial charge is 0.469 e. The summed E-state index contributed by atoms with van der Waals surface area (Å²) >= 11 is 1.55. The number of hydrogen-bond acceptors (Lipinski definition) is 5. The molecule has 0 aromatic carbocycles. The first-order chi connectivity index (χ1) is 7.67. The van der Waals surface area contributed by atoms with Gasteiger partial charge in [-0.15, -0.1) is 0 Å². The molecule has 0 rings (SSSR count). The lowest BCUT2D eigenvalue weighted by Gasteiger charge is -2.25. The summed E-state index contributed by atoms with van der Waals surface area (Å²) in [6, 6.07) is 0. The van der Waals surface area contributed by atoms with Crippen LogP contribution in [-0.4, -0.2) is 37.7 Å². The molecule has 5 heteroatoms. The number of thioether (sulfide) groups is 1. The van der Waals surface area contributed by atoms with E-state index in [0.717, 1.165) is 0 Å². The molecule has 0 aliphatic carbocycles. The van der Waals surface area contributed by atoms with Gasteiger partial charge in [0.2, 0.25) is 0 Å². The molecule has 4 nitrogen and oxygen atoms in total. The van der Waals surface area contributed by atoms with Gasteiger partial charge in [-0.25, -0.2) is 0 Å². The molecule has 17 heavy (non-hydrogen) atoms. The van der Waals surface area contributed by atoms with Gasteiger partial charge in [-0.3, -0.25) is 9.59 Å². The molecule has 0 amide bonds. The number of carbonyl (C=O) groups excluding carboxylic acids is 2. The molecule has 0 aromatic rings. The van der Waals surface area contributed by atoms with Gasteiger partial charge in [0, 0.05) is 11.5 Å². The van der Waals surface area contributed by atoms with Crippen LogP contribution in [0.2, 0.25) is 0 Å². The summed E-state index contributed by atoms with van der Waals surface area (Å²) in [7, 11) is 2.76. The second kappa shape index (κ2) is 6.28. The molecule has 0 radical (unpaired) electrons. The van der Waals surface area contributed by atoms with Crippen LogP contribution in [0.1, 0.15) is 27.7 Å². The third-order valence-corrected chi connectivity index (χ3v) is 4.25. The Labute approximate surface area is 107 Å². The van der Waals surface area contributed by atoms with E-state index in [1.807, 2.05) is 27.7 Å². The van der Waals surface area contributed by atoms with Gasteiger partial charge in [-0.05, 0) is 27.7 Å². The van der Waals surface area contributed by atoms with Gasteiger partial charge < -0.3 is 9.47 Å². The molecule has 0 fully saturated rings. The number of methoxy groups -OCH3 is 2. The molecular weight excluding hydrogens is 240 g/mol. The second-order valence-electron chi connectivity index (χ2n) is 5.24. The van der Waals surface area contributed by atoms with Crippen LogP contribution < -0.4 is 0 Å². The SMILES string of the molecule is COC(=O)C(C)(C)CSCC(C)(C)C(=O)OC. The van der Waals surface area contributed by atoms with E-state index in [2.05, 4.69) is 0 Å². The standard InChI is InChI=1S/C12H22O4S/c1-11(2,9(13)15-5)7-17-8-12(3,4)10(14)16-6/h7-8H2,1-6H3. The Kier molecular flexibility index (Phi) is 6.02. The zero-order chi connectivity index (χ0) is 13.7. The minimum absolute atomic E-state index is 0.235. The number of rotatable bonds is 6. The van der Waals surface area contributed by atoms with Crippen molar-refractivity contribution in [2.45, 2.75) is 27.7 Å². The van der Waals surface area contributed by atoms with Gasteiger partial charge in [-0.2, -0.15) is 11.8 Å². The van der Waals surface area contributed by atoms with Gasteiger partial charge in [0.1, 0.15) is 0 Å². The van der Waals surface area contributed by atoms with Crippen LogP contribution in [0.25, 0.3) is 0 Å². The van der Waals surface area contributed by atoms with Crippen LogP contribution in [-0.2, 0) is 19.1 Å². The summed E-state index contributed by atoms with van der Waals surface area (Å²) < 4.78 is 9.44. The predicted octanol–water partition coefficient (Wildman–Crippen LogP) is 2.12. The smallest absolute Gasteiger partial charge is 0.312 e. The monoisotopic (exact) mass is 262 g/mol. The van der Waals surface area contributed by atoms with E-state index in [1.54, 1.807) is 11.8 Å². The maximum Gasteiger partial charge on any atom is 0.312 e. The zero-order valence-electron chi connectivity index (χ0n) is 11.5. The summed E-state index contributed by atoms with van der Waals surface area (Å²) in [5.41, 5.74) is -1.07. The number of carbonyl (C=O) groups is 2. The average molecular weight is 262 g/mol. The first-order valence-corrected chi connectivity index (χ1v) is 6.57. The van der Waals surface area contributed by atoms with Gasteiger partial charge in [-0.1, -0.05) is 0 Å². The maximum atomic E-state index is 11.5. The fourth-order valence-corrected chi connectivity index (χ4v) is 2.59. The van der Waals surface area contributed by atoms with E-state index in [9.17, 15) is 9.59 Å². The average Bonchev–Trinajstić information content (AvgIpc) is 2.25. The molecule has 0 aliphatic rings. The van der Waals surface area contributed by atoms with Gasteiger partial charge >= 0.3 is 11.9 Å². The summed E-state index contributed by atoms with van der Waals surface area (Å²) in [6.07, 6.45) is 0. The molecule has 0 saturated heterocycles. The van der Waals surface area contributed by atoms with Crippen LogP contribution >= 0.6 is 11.8 Å². The van der Waals surface area contributed by atoms with E-state index in [0.29, 0.717) is 11.5 Å². The van der Waals surface area contributed by atoms with E-state index >= 15 is 0 Å². The Balaban J connectivity index is 4.24. The summed E-state index contributed by atoms with van der Waals surface area (Å²) in [5, 5.41) is 0. The highest BCUT2D eigenvalue weighted by atomic mass is 32.2. The van der Waals surface area contributed by atoms with Gasteiger partial charge in [0.05, 0.1) is 25.0 Å². The Hall–Kier alpha value is -0.710. The van der Waals surface area contributed by atoms with Gasteiger partial charge in [0.25, 0.3) is 0 Å². The van der Waals surface area contributed by atoms with Crippen molar-refractivity contribution in [3.63, 3.8) is 0 Å². The molecule has 0 atom stereocenters. The zero-order valence-corrected chi connectivity index (χ0v) is 12.3. The number of ether oxygens (including phenoxy) is 2. The molecule has 0 spiro atoms.